The number of imidazole rings is 1. The van der Waals surface area contributed by atoms with Crippen molar-refractivity contribution in [2.75, 3.05) is 26.1 Å². The first kappa shape index (κ1) is 39.8. The van der Waals surface area contributed by atoms with Gasteiger partial charge in [-0.1, -0.05) is 89.2 Å². The van der Waals surface area contributed by atoms with Crippen LogP contribution in [-0.4, -0.2) is 78.0 Å². The van der Waals surface area contributed by atoms with E-state index in [-0.39, 0.29) is 40.6 Å². The van der Waals surface area contributed by atoms with Gasteiger partial charge in [-0.3, -0.25) is 24.5 Å². The molecule has 3 aromatic carbocycles. The van der Waals surface area contributed by atoms with Crippen molar-refractivity contribution < 1.29 is 33.3 Å². The standard InChI is InChI=1S/C41H51N5O8Si/c1-25(2)36(48)44-39-43-35-32(37(49)45-39)42-24-46(35)38-34(54-55(8,9)40(3,4)5)33(47)31(53-38)23-52-41(26-13-11-10-12-14-26,27-15-19-29(50-6)20-16-27)28-17-21-30(51-7)22-18-28/h10-22,24-25,31,33-34,38,47H,23H2,1-9H3,(H2,43,44,45,48,49)/t31-,33-,34-,38-/m1/s1/i23+1,31+1,33+1,34+1,38+1,44+1. The van der Waals surface area contributed by atoms with E-state index in [1.54, 1.807) is 32.6 Å². The molecule has 0 radical (unpaired) electrons. The monoisotopic (exact) mass is 775 g/mol. The molecule has 3 N–H and O–H groups in total. The number of aliphatic hydroxyl groups excluding tert-OH is 1. The predicted molar refractivity (Wildman–Crippen MR) is 212 cm³/mol. The van der Waals surface area contributed by atoms with E-state index in [9.17, 15) is 14.7 Å². The van der Waals surface area contributed by atoms with Crippen molar-refractivity contribution in [1.82, 2.24) is 19.5 Å². The molecule has 3 heterocycles. The van der Waals surface area contributed by atoms with Crippen molar-refractivity contribution >= 4 is 31.3 Å². The van der Waals surface area contributed by atoms with Crippen LogP contribution in [0.5, 0.6) is 11.5 Å². The van der Waals surface area contributed by atoms with E-state index in [1.807, 2.05) is 78.9 Å². The second-order valence-electron chi connectivity index (χ2n) is 15.6. The zero-order chi connectivity index (χ0) is 39.7. The Labute approximate surface area is 322 Å². The molecule has 55 heavy (non-hydrogen) atoms. The lowest BCUT2D eigenvalue weighted by molar-refractivity contribution is -0.118. The van der Waals surface area contributed by atoms with Gasteiger partial charge < -0.3 is 28.5 Å². The number of anilines is 1. The summed E-state index contributed by atoms with van der Waals surface area (Å²) in [5.74, 6) is 0.699. The average Bonchev–Trinajstić information content (AvgIpc) is 3.72. The number of carbonyl (C=O) groups is 1. The Balaban J connectivity index is 1.44. The number of ether oxygens (including phenoxy) is 4. The Morgan fingerprint density at radius 2 is 1.51 bits per heavy atom. The van der Waals surface area contributed by atoms with Crippen LogP contribution in [0.3, 0.4) is 0 Å². The van der Waals surface area contributed by atoms with Gasteiger partial charge in [-0.25, -0.2) is 4.98 Å². The maximum absolute atomic E-state index is 13.2. The summed E-state index contributed by atoms with van der Waals surface area (Å²) < 4.78 is 33.4. The zero-order valence-corrected chi connectivity index (χ0v) is 33.8. The molecule has 0 spiro atoms. The number of benzene rings is 3. The van der Waals surface area contributed by atoms with E-state index in [4.69, 9.17) is 23.4 Å². The molecule has 2 aromatic heterocycles. The molecule has 1 aliphatic heterocycles. The Morgan fingerprint density at radius 1 is 0.945 bits per heavy atom. The van der Waals surface area contributed by atoms with Crippen LogP contribution < -0.4 is 20.3 Å². The van der Waals surface area contributed by atoms with Crippen LogP contribution in [0, 0.1) is 5.92 Å². The SMILES string of the molecule is COc1ccc(C(O[13CH2][13C@H]2O[13C@@H](n3cnc4c(=O)[nH]c([15NH]C(=O)C(C)C)nc43)[13C@H](O[Si](C)(C)C(C)(C)C)[13C@@H]2O)(c2ccccc2)c2ccc(OC)cc2)cc1. The highest BCUT2D eigenvalue weighted by atomic mass is 28.4. The highest BCUT2D eigenvalue weighted by molar-refractivity contribution is 6.74. The maximum atomic E-state index is 13.2. The summed E-state index contributed by atoms with van der Waals surface area (Å²) in [4.78, 5) is 37.3. The third-order valence-electron chi connectivity index (χ3n) is 10.7. The minimum atomic E-state index is -2.54. The molecule has 0 aliphatic carbocycles. The number of aromatic amines is 1. The van der Waals surface area contributed by atoms with E-state index in [2.05, 4.69) is 54.1 Å². The van der Waals surface area contributed by atoms with Gasteiger partial charge in [0.2, 0.25) is 11.9 Å². The van der Waals surface area contributed by atoms with Gasteiger partial charge in [-0.05, 0) is 59.1 Å². The summed E-state index contributed by atoms with van der Waals surface area (Å²) in [7, 11) is 0.701. The molecule has 1 aliphatic rings. The number of aliphatic hydroxyl groups is 1. The van der Waals surface area contributed by atoms with Crippen molar-refractivity contribution in [3.05, 3.63) is 112 Å². The fourth-order valence-electron chi connectivity index (χ4n) is 6.44. The molecule has 292 valence electrons. The second kappa shape index (κ2) is 15.7. The lowest BCUT2D eigenvalue weighted by Gasteiger charge is -2.40. The summed E-state index contributed by atoms with van der Waals surface area (Å²) in [6.45, 7) is 14.0. The second-order valence-corrected chi connectivity index (χ2v) is 20.4. The van der Waals surface area contributed by atoms with Crippen molar-refractivity contribution in [3.63, 3.8) is 0 Å². The van der Waals surface area contributed by atoms with Crippen LogP contribution in [0.1, 0.15) is 57.5 Å². The van der Waals surface area contributed by atoms with Crippen molar-refractivity contribution in [2.24, 2.45) is 5.92 Å². The number of carbonyl (C=O) groups excluding carboxylic acids is 1. The molecule has 6 rings (SSSR count). The Kier molecular flexibility index (Phi) is 11.4. The van der Waals surface area contributed by atoms with Crippen LogP contribution in [0.4, 0.5) is 5.95 Å². The third kappa shape index (κ3) is 7.82. The predicted octanol–water partition coefficient (Wildman–Crippen LogP) is 6.39. The summed E-state index contributed by atoms with van der Waals surface area (Å²) >= 11 is 0. The minimum Gasteiger partial charge on any atom is -0.497 e. The number of H-pyrrole nitrogens is 1. The van der Waals surface area contributed by atoms with Crippen LogP contribution in [0.25, 0.3) is 11.2 Å². The highest BCUT2D eigenvalue weighted by Crippen LogP contribution is 2.45. The number of hydrogen-bond donors (Lipinski definition) is 3. The largest absolute Gasteiger partial charge is 0.497 e. The van der Waals surface area contributed by atoms with E-state index in [0.717, 1.165) is 16.7 Å². The number of aromatic nitrogens is 4. The molecule has 1 fully saturated rings. The van der Waals surface area contributed by atoms with Gasteiger partial charge in [-0.2, -0.15) is 4.98 Å². The number of methoxy groups -OCH3 is 2. The number of rotatable bonds is 13. The Morgan fingerprint density at radius 3 is 2.04 bits per heavy atom. The van der Waals surface area contributed by atoms with Crippen LogP contribution in [0.15, 0.2) is 90.0 Å². The third-order valence-corrected chi connectivity index (χ3v) is 15.1. The molecule has 0 saturated carbocycles. The highest BCUT2D eigenvalue weighted by Gasteiger charge is 2.52. The summed E-state index contributed by atoms with van der Waals surface area (Å²) in [6, 6.07) is 25.3. The topological polar surface area (TPSA) is 159 Å². The molecular formula is C41H51N5O8Si. The van der Waals surface area contributed by atoms with Gasteiger partial charge in [0.25, 0.3) is 5.56 Å². The molecule has 0 unspecified atom stereocenters. The molecule has 1 amide bonds. The molecular weight excluding hydrogens is 725 g/mol. The summed E-state index contributed by atoms with van der Waals surface area (Å²) in [5.41, 5.74) is 1.01. The number of fused-ring (bicyclic) bond motifs is 1. The number of nitrogens with one attached hydrogen (secondary N) is 2. The van der Waals surface area contributed by atoms with E-state index in [1.165, 1.54) is 6.33 Å². The van der Waals surface area contributed by atoms with E-state index < -0.39 is 44.0 Å². The lowest BCUT2D eigenvalue weighted by Crippen LogP contribution is -2.49. The fraction of sp³-hybridized carbons (Fsp3) is 0.415. The molecule has 0 bridgehead atoms. The molecule has 14 heteroatoms. The van der Waals surface area contributed by atoms with Crippen molar-refractivity contribution in [2.45, 2.75) is 82.9 Å². The van der Waals surface area contributed by atoms with Gasteiger partial charge in [0.1, 0.15) is 35.4 Å². The summed E-state index contributed by atoms with van der Waals surface area (Å²) in [5, 5.41) is 14.7. The first-order valence-corrected chi connectivity index (χ1v) is 21.3. The number of hydrogen-bond acceptors (Lipinski definition) is 10. The Bertz CT molecular complexity index is 2100. The Hall–Kier alpha value is -4.86. The smallest absolute Gasteiger partial charge is 0.280 e. The van der Waals surface area contributed by atoms with Gasteiger partial charge in [0, 0.05) is 5.92 Å². The van der Waals surface area contributed by atoms with Crippen LogP contribution in [-0.2, 0) is 24.3 Å². The van der Waals surface area contributed by atoms with Crippen LogP contribution in [0.2, 0.25) is 18.1 Å². The van der Waals surface area contributed by atoms with E-state index in [0.29, 0.717) is 11.5 Å². The number of nitrogens with zero attached hydrogens (tertiary/aromatic N) is 3. The fourth-order valence-corrected chi connectivity index (χ4v) is 7.73. The molecule has 1 saturated heterocycles. The van der Waals surface area contributed by atoms with Crippen molar-refractivity contribution in [3.8, 4) is 11.5 Å². The lowest BCUT2D eigenvalue weighted by atomic mass is 9.80. The van der Waals surface area contributed by atoms with E-state index >= 15 is 0 Å². The minimum absolute atomic E-state index is 0.0233. The molecule has 5 aromatic rings. The van der Waals surface area contributed by atoms with Gasteiger partial charge in [0.15, 0.2) is 25.7 Å². The summed E-state index contributed by atoms with van der Waals surface area (Å²) in [6.07, 6.45) is -2.47. The average molecular weight is 776 g/mol. The van der Waals surface area contributed by atoms with Gasteiger partial charge in [0.05, 0.1) is 27.2 Å². The van der Waals surface area contributed by atoms with Gasteiger partial charge >= 0.3 is 0 Å². The number of amides is 1. The van der Waals surface area contributed by atoms with Crippen LogP contribution >= 0.6 is 0 Å². The first-order valence-electron chi connectivity index (χ1n) is 18.4. The van der Waals surface area contributed by atoms with Gasteiger partial charge in [-0.15, -0.1) is 0 Å². The zero-order valence-electron chi connectivity index (χ0n) is 32.8. The van der Waals surface area contributed by atoms with Crippen molar-refractivity contribution in [1.29, 1.82) is 0 Å². The maximum Gasteiger partial charge on any atom is 0.280 e. The molecule has 4 atom stereocenters. The normalized spacial score (nSPS) is 19.2. The molecule has 13 nitrogen and oxygen atoms in total. The quantitative estimate of drug-likeness (QED) is 0.0530. The first-order chi connectivity index (χ1) is 26.1.